The molecule has 1 aliphatic heterocycles. The Bertz CT molecular complexity index is 491. The molecule has 2 rings (SSSR count). The minimum absolute atomic E-state index is 0. The quantitative estimate of drug-likeness (QED) is 0.280. The Kier molecular flexibility index (Phi) is 10.9. The molecule has 1 aromatic carbocycles. The molecule has 0 saturated carbocycles. The maximum absolute atomic E-state index is 5.46. The molecule has 1 atom stereocenters. The van der Waals surface area contributed by atoms with Crippen LogP contribution in [0, 0.1) is 5.92 Å². The zero-order valence-electron chi connectivity index (χ0n) is 15.8. The lowest BCUT2D eigenvalue weighted by Crippen LogP contribution is -2.42. The van der Waals surface area contributed by atoms with E-state index >= 15 is 0 Å². The van der Waals surface area contributed by atoms with E-state index in [1.54, 1.807) is 0 Å². The van der Waals surface area contributed by atoms with Gasteiger partial charge in [-0.15, -0.1) is 24.0 Å². The van der Waals surface area contributed by atoms with Gasteiger partial charge in [0.2, 0.25) is 0 Å². The summed E-state index contributed by atoms with van der Waals surface area (Å²) in [5.74, 6) is 1.60. The van der Waals surface area contributed by atoms with Gasteiger partial charge < -0.3 is 19.9 Å². The van der Waals surface area contributed by atoms with Gasteiger partial charge in [-0.1, -0.05) is 18.2 Å². The van der Waals surface area contributed by atoms with Crippen LogP contribution in [0.5, 0.6) is 0 Å². The molecule has 6 heteroatoms. The predicted molar refractivity (Wildman–Crippen MR) is 117 cm³/mol. The number of halogens is 1. The lowest BCUT2D eigenvalue weighted by molar-refractivity contribution is 0.181. The van der Waals surface area contributed by atoms with E-state index in [1.807, 2.05) is 7.05 Å². The second-order valence-electron chi connectivity index (χ2n) is 6.35. The van der Waals surface area contributed by atoms with Crippen molar-refractivity contribution in [3.05, 3.63) is 30.3 Å². The molecule has 1 heterocycles. The van der Waals surface area contributed by atoms with Gasteiger partial charge in [-0.3, -0.25) is 4.99 Å². The summed E-state index contributed by atoms with van der Waals surface area (Å²) in [6.45, 7) is 7.99. The Labute approximate surface area is 169 Å². The summed E-state index contributed by atoms with van der Waals surface area (Å²) < 4.78 is 5.46. The summed E-state index contributed by atoms with van der Waals surface area (Å²) in [6.07, 6.45) is 2.24. The molecule has 0 spiro atoms. The zero-order valence-corrected chi connectivity index (χ0v) is 18.1. The lowest BCUT2D eigenvalue weighted by Gasteiger charge is -2.26. The number of rotatable bonds is 8. The molecule has 5 nitrogen and oxygen atoms in total. The van der Waals surface area contributed by atoms with Crippen LogP contribution in [0.3, 0.4) is 0 Å². The number of aliphatic imine (C=N–C) groups is 1. The highest BCUT2D eigenvalue weighted by molar-refractivity contribution is 14.0. The van der Waals surface area contributed by atoms with E-state index in [9.17, 15) is 0 Å². The van der Waals surface area contributed by atoms with Crippen molar-refractivity contribution in [2.75, 3.05) is 58.4 Å². The first-order valence-electron chi connectivity index (χ1n) is 9.04. The molecule has 1 unspecified atom stereocenters. The summed E-state index contributed by atoms with van der Waals surface area (Å²) in [6, 6.07) is 10.6. The molecule has 0 aromatic heterocycles. The van der Waals surface area contributed by atoms with Crippen LogP contribution in [0.1, 0.15) is 19.8 Å². The number of hydrogen-bond donors (Lipinski definition) is 1. The first-order valence-corrected chi connectivity index (χ1v) is 9.04. The van der Waals surface area contributed by atoms with Crippen LogP contribution in [0.15, 0.2) is 35.3 Å². The fraction of sp³-hybridized carbons (Fsp3) is 0.632. The van der Waals surface area contributed by atoms with Gasteiger partial charge in [0.1, 0.15) is 0 Å². The third-order valence-electron chi connectivity index (χ3n) is 4.52. The van der Waals surface area contributed by atoms with Gasteiger partial charge in [-0.25, -0.2) is 0 Å². The molecule has 1 saturated heterocycles. The van der Waals surface area contributed by atoms with Gasteiger partial charge >= 0.3 is 0 Å². The monoisotopic (exact) mass is 460 g/mol. The van der Waals surface area contributed by atoms with Crippen LogP contribution in [0.25, 0.3) is 0 Å². The van der Waals surface area contributed by atoms with Crippen molar-refractivity contribution < 1.29 is 4.74 Å². The third-order valence-corrected chi connectivity index (χ3v) is 4.52. The number of guanidine groups is 1. The van der Waals surface area contributed by atoms with Crippen molar-refractivity contribution in [1.29, 1.82) is 0 Å². The topological polar surface area (TPSA) is 40.1 Å². The molecular formula is C19H33IN4O. The van der Waals surface area contributed by atoms with Crippen LogP contribution < -0.4 is 10.2 Å². The Balaban J connectivity index is 0.00000312. The molecule has 0 aliphatic carbocycles. The maximum atomic E-state index is 5.46. The van der Waals surface area contributed by atoms with Crippen molar-refractivity contribution in [2.45, 2.75) is 19.8 Å². The van der Waals surface area contributed by atoms with Gasteiger partial charge in [0, 0.05) is 58.5 Å². The Morgan fingerprint density at radius 2 is 2.08 bits per heavy atom. The zero-order chi connectivity index (χ0) is 17.2. The van der Waals surface area contributed by atoms with E-state index in [2.05, 4.69) is 64.4 Å². The summed E-state index contributed by atoms with van der Waals surface area (Å²) in [7, 11) is 3.96. The highest BCUT2D eigenvalue weighted by Crippen LogP contribution is 2.14. The lowest BCUT2D eigenvalue weighted by atomic mass is 10.1. The Morgan fingerprint density at radius 3 is 2.68 bits per heavy atom. The molecule has 1 aliphatic rings. The number of benzene rings is 1. The minimum Gasteiger partial charge on any atom is -0.381 e. The average molecular weight is 460 g/mol. The highest BCUT2D eigenvalue weighted by atomic mass is 127. The van der Waals surface area contributed by atoms with E-state index in [1.165, 1.54) is 5.69 Å². The third kappa shape index (κ3) is 7.40. The molecular weight excluding hydrogens is 427 g/mol. The summed E-state index contributed by atoms with van der Waals surface area (Å²) in [5, 5.41) is 3.48. The number of anilines is 1. The predicted octanol–water partition coefficient (Wildman–Crippen LogP) is 3.06. The van der Waals surface area contributed by atoms with Crippen LogP contribution >= 0.6 is 24.0 Å². The number of ether oxygens (including phenoxy) is 1. The van der Waals surface area contributed by atoms with Gasteiger partial charge in [-0.05, 0) is 31.9 Å². The normalized spacial score (nSPS) is 17.1. The van der Waals surface area contributed by atoms with E-state index in [-0.39, 0.29) is 24.0 Å². The van der Waals surface area contributed by atoms with Gasteiger partial charge in [-0.2, -0.15) is 0 Å². The summed E-state index contributed by atoms with van der Waals surface area (Å²) in [4.78, 5) is 9.03. The molecule has 0 amide bonds. The second-order valence-corrected chi connectivity index (χ2v) is 6.35. The average Bonchev–Trinajstić information content (AvgIpc) is 3.12. The first kappa shape index (κ1) is 22.0. The number of hydrogen-bond acceptors (Lipinski definition) is 3. The van der Waals surface area contributed by atoms with Gasteiger partial charge in [0.15, 0.2) is 5.96 Å². The van der Waals surface area contributed by atoms with Crippen molar-refractivity contribution >= 4 is 35.6 Å². The molecule has 1 fully saturated rings. The van der Waals surface area contributed by atoms with E-state index in [0.717, 1.165) is 58.2 Å². The standard InChI is InChI=1S/C19H32N4O.HI/c1-4-23(18-9-6-5-7-10-18)13-8-12-21-19(20-2)22(3)15-17-11-14-24-16-17;/h5-7,9-10,17H,4,8,11-16H2,1-3H3,(H,20,21);1H. The van der Waals surface area contributed by atoms with Gasteiger partial charge in [0.25, 0.3) is 0 Å². The largest absolute Gasteiger partial charge is 0.381 e. The Hall–Kier alpha value is -1.02. The van der Waals surface area contributed by atoms with Crippen LogP contribution in [-0.4, -0.2) is 64.3 Å². The maximum Gasteiger partial charge on any atom is 0.193 e. The molecule has 1 N–H and O–H groups in total. The van der Waals surface area contributed by atoms with Crippen LogP contribution in [0.2, 0.25) is 0 Å². The molecule has 0 radical (unpaired) electrons. The molecule has 142 valence electrons. The van der Waals surface area contributed by atoms with Crippen molar-refractivity contribution in [3.63, 3.8) is 0 Å². The van der Waals surface area contributed by atoms with E-state index in [0.29, 0.717) is 5.92 Å². The fourth-order valence-corrected chi connectivity index (χ4v) is 3.16. The number of nitrogens with one attached hydrogen (secondary N) is 1. The van der Waals surface area contributed by atoms with Crippen molar-refractivity contribution in [3.8, 4) is 0 Å². The molecule has 0 bridgehead atoms. The van der Waals surface area contributed by atoms with Crippen LogP contribution in [0.4, 0.5) is 5.69 Å². The van der Waals surface area contributed by atoms with Crippen LogP contribution in [-0.2, 0) is 4.74 Å². The van der Waals surface area contributed by atoms with E-state index in [4.69, 9.17) is 4.74 Å². The SMILES string of the molecule is CCN(CCCNC(=NC)N(C)CC1CCOC1)c1ccccc1.I. The minimum atomic E-state index is 0. The summed E-state index contributed by atoms with van der Waals surface area (Å²) in [5.41, 5.74) is 1.29. The van der Waals surface area contributed by atoms with Crippen molar-refractivity contribution in [1.82, 2.24) is 10.2 Å². The number of para-hydroxylation sites is 1. The smallest absolute Gasteiger partial charge is 0.193 e. The number of nitrogens with zero attached hydrogens (tertiary/aromatic N) is 3. The molecule has 1 aromatic rings. The summed E-state index contributed by atoms with van der Waals surface area (Å²) >= 11 is 0. The van der Waals surface area contributed by atoms with Gasteiger partial charge in [0.05, 0.1) is 6.61 Å². The second kappa shape index (κ2) is 12.4. The fourth-order valence-electron chi connectivity index (χ4n) is 3.16. The Morgan fingerprint density at radius 1 is 1.32 bits per heavy atom. The van der Waals surface area contributed by atoms with E-state index < -0.39 is 0 Å². The highest BCUT2D eigenvalue weighted by Gasteiger charge is 2.18. The first-order chi connectivity index (χ1) is 11.7. The van der Waals surface area contributed by atoms with Crippen molar-refractivity contribution in [2.24, 2.45) is 10.9 Å². The molecule has 25 heavy (non-hydrogen) atoms.